The van der Waals surface area contributed by atoms with E-state index in [0.717, 1.165) is 10.9 Å². The van der Waals surface area contributed by atoms with Gasteiger partial charge in [0.05, 0.1) is 12.8 Å². The first-order valence-corrected chi connectivity index (χ1v) is 4.41. The normalized spacial score (nSPS) is 10.1. The first-order valence-electron chi connectivity index (χ1n) is 4.41. The largest absolute Gasteiger partial charge is 0.476 e. The molecule has 16 heavy (non-hydrogen) atoms. The molecule has 88 valence electrons. The van der Waals surface area contributed by atoms with E-state index in [1.165, 1.54) is 7.11 Å². The van der Waals surface area contributed by atoms with Gasteiger partial charge in [-0.05, 0) is 0 Å². The average Bonchev–Trinajstić information content (AvgIpc) is 2.66. The summed E-state index contributed by atoms with van der Waals surface area (Å²) >= 11 is 0. The minimum Gasteiger partial charge on any atom is -0.476 e. The molecule has 0 aromatic carbocycles. The van der Waals surface area contributed by atoms with E-state index in [1.54, 1.807) is 0 Å². The summed E-state index contributed by atoms with van der Waals surface area (Å²) in [5.41, 5.74) is -0.218. The van der Waals surface area contributed by atoms with Crippen molar-refractivity contribution in [3.63, 3.8) is 0 Å². The number of aromatic carboxylic acids is 1. The third-order valence-corrected chi connectivity index (χ3v) is 1.60. The van der Waals surface area contributed by atoms with Crippen LogP contribution >= 0.6 is 0 Å². The zero-order valence-electron chi connectivity index (χ0n) is 8.62. The maximum atomic E-state index is 11.2. The number of carboxylic acid groups (broad SMARTS) is 1. The molecule has 0 saturated heterocycles. The number of methoxy groups -OCH3 is 1. The molecule has 0 atom stereocenters. The van der Waals surface area contributed by atoms with Gasteiger partial charge >= 0.3 is 11.9 Å². The molecule has 0 fully saturated rings. The molecule has 0 radical (unpaired) electrons. The van der Waals surface area contributed by atoms with E-state index in [1.807, 2.05) is 0 Å². The second-order valence-corrected chi connectivity index (χ2v) is 2.82. The minimum absolute atomic E-state index is 0.149. The van der Waals surface area contributed by atoms with Gasteiger partial charge in [-0.2, -0.15) is 0 Å². The Bertz CT molecular complexity index is 376. The molecule has 8 nitrogen and oxygen atoms in total. The maximum absolute atomic E-state index is 11.2. The van der Waals surface area contributed by atoms with Crippen LogP contribution in [-0.4, -0.2) is 52.4 Å². The van der Waals surface area contributed by atoms with Gasteiger partial charge in [0.1, 0.15) is 13.2 Å². The number of rotatable bonds is 6. The highest BCUT2D eigenvalue weighted by Gasteiger charge is 2.10. The molecule has 0 spiro atoms. The molecule has 0 aliphatic carbocycles. The highest BCUT2D eigenvalue weighted by molar-refractivity contribution is 5.84. The summed E-state index contributed by atoms with van der Waals surface area (Å²) in [5.74, 6) is -1.72. The monoisotopic (exact) mass is 229 g/mol. The Balaban J connectivity index is 2.40. The third-order valence-electron chi connectivity index (χ3n) is 1.60. The van der Waals surface area contributed by atoms with Gasteiger partial charge in [-0.3, -0.25) is 4.79 Å². The lowest BCUT2D eigenvalue weighted by Crippen LogP contribution is -2.16. The quantitative estimate of drug-likeness (QED) is 0.501. The van der Waals surface area contributed by atoms with Crippen LogP contribution in [0.25, 0.3) is 0 Å². The predicted molar refractivity (Wildman–Crippen MR) is 49.8 cm³/mol. The first-order chi connectivity index (χ1) is 7.63. The summed E-state index contributed by atoms with van der Waals surface area (Å²) in [7, 11) is 1.49. The van der Waals surface area contributed by atoms with Crippen molar-refractivity contribution in [3.05, 3.63) is 11.9 Å². The summed E-state index contributed by atoms with van der Waals surface area (Å²) in [5, 5.41) is 15.4. The Morgan fingerprint density at radius 2 is 2.25 bits per heavy atom. The Kier molecular flexibility index (Phi) is 4.40. The number of ether oxygens (including phenoxy) is 2. The molecule has 1 heterocycles. The number of hydrogen-bond donors (Lipinski definition) is 1. The molecule has 1 rings (SSSR count). The molecule has 0 amide bonds. The van der Waals surface area contributed by atoms with Crippen molar-refractivity contribution in [1.29, 1.82) is 0 Å². The minimum atomic E-state index is -1.20. The summed E-state index contributed by atoms with van der Waals surface area (Å²) in [6.07, 6.45) is 1.15. The van der Waals surface area contributed by atoms with Crippen LogP contribution in [-0.2, 0) is 20.8 Å². The maximum Gasteiger partial charge on any atom is 0.358 e. The summed E-state index contributed by atoms with van der Waals surface area (Å²) in [6, 6.07) is 0. The van der Waals surface area contributed by atoms with Crippen LogP contribution in [0.4, 0.5) is 0 Å². The first kappa shape index (κ1) is 12.1. The van der Waals surface area contributed by atoms with Crippen LogP contribution in [0.2, 0.25) is 0 Å². The van der Waals surface area contributed by atoms with E-state index >= 15 is 0 Å². The zero-order chi connectivity index (χ0) is 12.0. The zero-order valence-corrected chi connectivity index (χ0v) is 8.62. The summed E-state index contributed by atoms with van der Waals surface area (Å²) in [6.45, 7) is 0.281. The lowest BCUT2D eigenvalue weighted by Gasteiger charge is -2.02. The fraction of sp³-hybridized carbons (Fsp3) is 0.500. The second-order valence-electron chi connectivity index (χ2n) is 2.82. The van der Waals surface area contributed by atoms with E-state index < -0.39 is 11.9 Å². The Labute approximate surface area is 90.8 Å². The molecule has 0 unspecified atom stereocenters. The molecule has 1 N–H and O–H groups in total. The molecular weight excluding hydrogens is 218 g/mol. The van der Waals surface area contributed by atoms with Gasteiger partial charge in [-0.15, -0.1) is 5.10 Å². The Morgan fingerprint density at radius 1 is 1.50 bits per heavy atom. The van der Waals surface area contributed by atoms with Crippen molar-refractivity contribution < 1.29 is 24.2 Å². The van der Waals surface area contributed by atoms with Crippen molar-refractivity contribution in [3.8, 4) is 0 Å². The topological polar surface area (TPSA) is 104 Å². The smallest absolute Gasteiger partial charge is 0.358 e. The van der Waals surface area contributed by atoms with Gasteiger partial charge in [-0.1, -0.05) is 5.21 Å². The van der Waals surface area contributed by atoms with Crippen LogP contribution < -0.4 is 0 Å². The van der Waals surface area contributed by atoms with Crippen LogP contribution in [0, 0.1) is 0 Å². The van der Waals surface area contributed by atoms with Crippen LogP contribution in [0.1, 0.15) is 10.5 Å². The SMILES string of the molecule is COCCOC(=O)Cn1cc(C(=O)O)nn1. The Morgan fingerprint density at radius 3 is 2.81 bits per heavy atom. The molecule has 0 aliphatic heterocycles. The number of esters is 1. The highest BCUT2D eigenvalue weighted by atomic mass is 16.6. The van der Waals surface area contributed by atoms with Gasteiger partial charge < -0.3 is 14.6 Å². The number of hydrogen-bond acceptors (Lipinski definition) is 6. The van der Waals surface area contributed by atoms with Crippen molar-refractivity contribution in [2.75, 3.05) is 20.3 Å². The van der Waals surface area contributed by atoms with E-state index in [9.17, 15) is 9.59 Å². The molecule has 1 aromatic heterocycles. The number of carbonyl (C=O) groups excluding carboxylic acids is 1. The average molecular weight is 229 g/mol. The van der Waals surface area contributed by atoms with Gasteiger partial charge in [-0.25, -0.2) is 9.48 Å². The fourth-order valence-corrected chi connectivity index (χ4v) is 0.890. The lowest BCUT2D eigenvalue weighted by atomic mass is 10.5. The van der Waals surface area contributed by atoms with Crippen LogP contribution in [0.5, 0.6) is 0 Å². The summed E-state index contributed by atoms with van der Waals surface area (Å²) in [4.78, 5) is 21.6. The van der Waals surface area contributed by atoms with Crippen molar-refractivity contribution in [2.45, 2.75) is 6.54 Å². The number of aromatic nitrogens is 3. The highest BCUT2D eigenvalue weighted by Crippen LogP contribution is 1.93. The van der Waals surface area contributed by atoms with Gasteiger partial charge in [0.2, 0.25) is 0 Å². The van der Waals surface area contributed by atoms with E-state index in [2.05, 4.69) is 15.0 Å². The lowest BCUT2D eigenvalue weighted by molar-refractivity contribution is -0.145. The van der Waals surface area contributed by atoms with Crippen molar-refractivity contribution in [1.82, 2.24) is 15.0 Å². The second kappa shape index (κ2) is 5.81. The van der Waals surface area contributed by atoms with Crippen LogP contribution in [0.3, 0.4) is 0 Å². The molecule has 0 bridgehead atoms. The standard InChI is InChI=1S/C8H11N3O5/c1-15-2-3-16-7(12)5-11-4-6(8(13)14)9-10-11/h4H,2-3,5H2,1H3,(H,13,14). The number of carboxylic acids is 1. The predicted octanol–water partition coefficient (Wildman–Crippen LogP) is -0.834. The van der Waals surface area contributed by atoms with Gasteiger partial charge in [0, 0.05) is 7.11 Å². The molecule has 0 aliphatic rings. The van der Waals surface area contributed by atoms with E-state index in [-0.39, 0.29) is 18.8 Å². The Hall–Kier alpha value is -1.96. The van der Waals surface area contributed by atoms with E-state index in [0.29, 0.717) is 6.61 Å². The van der Waals surface area contributed by atoms with Crippen LogP contribution in [0.15, 0.2) is 6.20 Å². The fourth-order valence-electron chi connectivity index (χ4n) is 0.890. The summed E-state index contributed by atoms with van der Waals surface area (Å²) < 4.78 is 10.5. The molecular formula is C8H11N3O5. The molecule has 1 aromatic rings. The van der Waals surface area contributed by atoms with Gasteiger partial charge in [0.15, 0.2) is 5.69 Å². The molecule has 8 heteroatoms. The molecule has 0 saturated carbocycles. The van der Waals surface area contributed by atoms with Gasteiger partial charge in [0.25, 0.3) is 0 Å². The van der Waals surface area contributed by atoms with E-state index in [4.69, 9.17) is 9.84 Å². The third kappa shape index (κ3) is 3.65. The van der Waals surface area contributed by atoms with Crippen molar-refractivity contribution in [2.24, 2.45) is 0 Å². The number of carbonyl (C=O) groups is 2. The van der Waals surface area contributed by atoms with Crippen molar-refractivity contribution >= 4 is 11.9 Å². The number of nitrogens with zero attached hydrogens (tertiary/aromatic N) is 3.